The molecule has 0 aliphatic carbocycles. The van der Waals surface area contributed by atoms with Gasteiger partial charge in [-0.25, -0.2) is 9.48 Å². The molecular formula is C9H13N3O3. The molecule has 1 aromatic rings. The van der Waals surface area contributed by atoms with Crippen LogP contribution in [0, 0.1) is 0 Å². The Balaban J connectivity index is 2.22. The van der Waals surface area contributed by atoms with E-state index in [4.69, 9.17) is 5.11 Å². The summed E-state index contributed by atoms with van der Waals surface area (Å²) in [5.41, 5.74) is -0.175. The molecule has 0 spiro atoms. The average molecular weight is 211 g/mol. The second-order valence-corrected chi connectivity index (χ2v) is 3.67. The van der Waals surface area contributed by atoms with Crippen LogP contribution in [0.15, 0.2) is 4.79 Å². The minimum Gasteiger partial charge on any atom is -0.481 e. The molecule has 0 bridgehead atoms. The lowest BCUT2D eigenvalue weighted by Gasteiger charge is -2.09. The zero-order valence-corrected chi connectivity index (χ0v) is 8.35. The molecular weight excluding hydrogens is 198 g/mol. The molecule has 0 aromatic carbocycles. The minimum atomic E-state index is -0.909. The Labute approximate surface area is 86.1 Å². The lowest BCUT2D eigenvalue weighted by molar-refractivity contribution is -0.137. The number of fused-ring (bicyclic) bond motifs is 1. The third-order valence-electron chi connectivity index (χ3n) is 2.57. The van der Waals surface area contributed by atoms with E-state index >= 15 is 0 Å². The molecule has 1 aliphatic heterocycles. The highest BCUT2D eigenvalue weighted by molar-refractivity contribution is 5.66. The number of aryl methyl sites for hydroxylation is 2. The minimum absolute atomic E-state index is 0.0592. The first kappa shape index (κ1) is 9.95. The molecule has 1 aliphatic rings. The van der Waals surface area contributed by atoms with E-state index < -0.39 is 5.97 Å². The van der Waals surface area contributed by atoms with Crippen molar-refractivity contribution in [2.24, 2.45) is 0 Å². The largest absolute Gasteiger partial charge is 0.481 e. The van der Waals surface area contributed by atoms with Crippen molar-refractivity contribution in [3.8, 4) is 0 Å². The monoisotopic (exact) mass is 211 g/mol. The van der Waals surface area contributed by atoms with Crippen molar-refractivity contribution in [3.05, 3.63) is 16.3 Å². The molecule has 0 atom stereocenters. The van der Waals surface area contributed by atoms with Crippen molar-refractivity contribution < 1.29 is 9.90 Å². The first-order valence-corrected chi connectivity index (χ1v) is 5.07. The summed E-state index contributed by atoms with van der Waals surface area (Å²) < 4.78 is 2.90. The van der Waals surface area contributed by atoms with Gasteiger partial charge < -0.3 is 5.11 Å². The number of aromatic nitrogens is 3. The Kier molecular flexibility index (Phi) is 2.57. The van der Waals surface area contributed by atoms with Crippen LogP contribution in [-0.2, 0) is 24.3 Å². The van der Waals surface area contributed by atoms with Gasteiger partial charge in [-0.2, -0.15) is 5.10 Å². The Bertz CT molecular complexity index is 432. The van der Waals surface area contributed by atoms with Crippen LogP contribution in [-0.4, -0.2) is 25.4 Å². The van der Waals surface area contributed by atoms with Gasteiger partial charge in [0.05, 0.1) is 13.0 Å². The van der Waals surface area contributed by atoms with Crippen molar-refractivity contribution in [3.63, 3.8) is 0 Å². The Morgan fingerprint density at radius 3 is 2.93 bits per heavy atom. The summed E-state index contributed by atoms with van der Waals surface area (Å²) in [4.78, 5) is 22.1. The molecule has 6 heteroatoms. The molecule has 6 nitrogen and oxygen atoms in total. The zero-order chi connectivity index (χ0) is 10.8. The number of carboxylic acids is 1. The molecule has 0 fully saturated rings. The molecule has 15 heavy (non-hydrogen) atoms. The van der Waals surface area contributed by atoms with Gasteiger partial charge in [0.15, 0.2) is 0 Å². The van der Waals surface area contributed by atoms with E-state index in [1.165, 1.54) is 4.68 Å². The Morgan fingerprint density at radius 2 is 2.27 bits per heavy atom. The summed E-state index contributed by atoms with van der Waals surface area (Å²) >= 11 is 0. The third kappa shape index (κ3) is 1.93. The summed E-state index contributed by atoms with van der Waals surface area (Å²) in [6.45, 7) is 0.870. The number of rotatable bonds is 3. The van der Waals surface area contributed by atoms with Gasteiger partial charge in [-0.1, -0.05) is 0 Å². The summed E-state index contributed by atoms with van der Waals surface area (Å²) in [6, 6.07) is 0. The van der Waals surface area contributed by atoms with Crippen LogP contribution in [0.4, 0.5) is 0 Å². The summed E-state index contributed by atoms with van der Waals surface area (Å²) in [6.07, 6.45) is 2.80. The van der Waals surface area contributed by atoms with Gasteiger partial charge >= 0.3 is 11.7 Å². The second-order valence-electron chi connectivity index (χ2n) is 3.67. The molecule has 0 unspecified atom stereocenters. The van der Waals surface area contributed by atoms with Crippen molar-refractivity contribution >= 4 is 5.97 Å². The van der Waals surface area contributed by atoms with Gasteiger partial charge in [0.25, 0.3) is 0 Å². The van der Waals surface area contributed by atoms with Crippen LogP contribution < -0.4 is 5.69 Å². The van der Waals surface area contributed by atoms with E-state index in [2.05, 4.69) is 5.10 Å². The van der Waals surface area contributed by atoms with E-state index in [0.29, 0.717) is 6.54 Å². The second kappa shape index (κ2) is 3.88. The van der Waals surface area contributed by atoms with Crippen molar-refractivity contribution in [1.29, 1.82) is 0 Å². The smallest absolute Gasteiger partial charge is 0.345 e. The van der Waals surface area contributed by atoms with Gasteiger partial charge in [0.1, 0.15) is 5.82 Å². The van der Waals surface area contributed by atoms with Crippen LogP contribution in [0.25, 0.3) is 0 Å². The highest BCUT2D eigenvalue weighted by Gasteiger charge is 2.16. The normalized spacial score (nSPS) is 14.9. The van der Waals surface area contributed by atoms with E-state index in [1.807, 2.05) is 0 Å². The predicted octanol–water partition coefficient (Wildman–Crippen LogP) is -0.144. The fraction of sp³-hybridized carbons (Fsp3) is 0.667. The lowest BCUT2D eigenvalue weighted by Crippen LogP contribution is -2.27. The third-order valence-corrected chi connectivity index (χ3v) is 2.57. The first-order valence-electron chi connectivity index (χ1n) is 5.07. The highest BCUT2D eigenvalue weighted by atomic mass is 16.4. The molecule has 2 rings (SSSR count). The summed E-state index contributed by atoms with van der Waals surface area (Å²) in [5, 5.41) is 12.6. The molecule has 0 radical (unpaired) electrons. The maximum absolute atomic E-state index is 11.7. The zero-order valence-electron chi connectivity index (χ0n) is 8.35. The molecule has 2 heterocycles. The van der Waals surface area contributed by atoms with Crippen LogP contribution in [0.5, 0.6) is 0 Å². The molecule has 82 valence electrons. The van der Waals surface area contributed by atoms with Gasteiger partial charge in [-0.3, -0.25) is 9.36 Å². The summed E-state index contributed by atoms with van der Waals surface area (Å²) in [7, 11) is 0. The highest BCUT2D eigenvalue weighted by Crippen LogP contribution is 2.09. The number of hydrogen-bond acceptors (Lipinski definition) is 3. The van der Waals surface area contributed by atoms with E-state index in [9.17, 15) is 9.59 Å². The topological polar surface area (TPSA) is 77.1 Å². The average Bonchev–Trinajstić information content (AvgIpc) is 2.54. The van der Waals surface area contributed by atoms with Gasteiger partial charge in [0, 0.05) is 13.0 Å². The first-order chi connectivity index (χ1) is 7.18. The summed E-state index contributed by atoms with van der Waals surface area (Å²) in [5.74, 6) is -0.121. The van der Waals surface area contributed by atoms with E-state index in [-0.39, 0.29) is 18.7 Å². The van der Waals surface area contributed by atoms with Gasteiger partial charge in [-0.05, 0) is 12.8 Å². The maximum Gasteiger partial charge on any atom is 0.345 e. The van der Waals surface area contributed by atoms with E-state index in [1.54, 1.807) is 4.57 Å². The molecule has 0 amide bonds. The number of aliphatic carboxylic acids is 1. The van der Waals surface area contributed by atoms with Crippen LogP contribution >= 0.6 is 0 Å². The number of nitrogens with zero attached hydrogens (tertiary/aromatic N) is 3. The maximum atomic E-state index is 11.7. The van der Waals surface area contributed by atoms with Crippen molar-refractivity contribution in [1.82, 2.24) is 14.3 Å². The van der Waals surface area contributed by atoms with Gasteiger partial charge in [0.2, 0.25) is 0 Å². The quantitative estimate of drug-likeness (QED) is 0.754. The fourth-order valence-corrected chi connectivity index (χ4v) is 1.80. The Morgan fingerprint density at radius 1 is 1.47 bits per heavy atom. The molecule has 0 saturated heterocycles. The van der Waals surface area contributed by atoms with Crippen LogP contribution in [0.3, 0.4) is 0 Å². The number of carbonyl (C=O) groups is 1. The molecule has 1 N–H and O–H groups in total. The van der Waals surface area contributed by atoms with Crippen molar-refractivity contribution in [2.75, 3.05) is 0 Å². The van der Waals surface area contributed by atoms with Crippen LogP contribution in [0.2, 0.25) is 0 Å². The SMILES string of the molecule is O=C(O)CCn1nc2n(c1=O)CCCC2. The van der Waals surface area contributed by atoms with E-state index in [0.717, 1.165) is 25.1 Å². The number of hydrogen-bond donors (Lipinski definition) is 1. The van der Waals surface area contributed by atoms with Crippen molar-refractivity contribution in [2.45, 2.75) is 38.8 Å². The van der Waals surface area contributed by atoms with Gasteiger partial charge in [-0.15, -0.1) is 0 Å². The number of carboxylic acid groups (broad SMARTS) is 1. The Hall–Kier alpha value is -1.59. The van der Waals surface area contributed by atoms with Crippen LogP contribution in [0.1, 0.15) is 25.1 Å². The molecule has 0 saturated carbocycles. The fourth-order valence-electron chi connectivity index (χ4n) is 1.80. The predicted molar refractivity (Wildman–Crippen MR) is 51.7 cm³/mol. The molecule has 1 aromatic heterocycles. The lowest BCUT2D eigenvalue weighted by atomic mass is 10.2. The standard InChI is InChI=1S/C9H13N3O3/c13-8(14)4-6-12-9(15)11-5-2-1-3-7(11)10-12/h1-6H2,(H,13,14).